The van der Waals surface area contributed by atoms with Crippen LogP contribution in [0.4, 0.5) is 0 Å². The zero-order valence-corrected chi connectivity index (χ0v) is 14.2. The Kier molecular flexibility index (Phi) is 4.34. The largest absolute Gasteiger partial charge is 0.489 e. The Morgan fingerprint density at radius 2 is 1.50 bits per heavy atom. The summed E-state index contributed by atoms with van der Waals surface area (Å²) in [5.41, 5.74) is 3.80. The molecule has 0 unspecified atom stereocenters. The van der Waals surface area contributed by atoms with E-state index in [1.807, 2.05) is 6.07 Å². The van der Waals surface area contributed by atoms with Gasteiger partial charge in [-0.05, 0) is 42.7 Å². The topological polar surface area (TPSA) is 9.23 Å². The lowest BCUT2D eigenvalue weighted by atomic mass is 10.1. The molecule has 2 heteroatoms. The molecule has 0 aliphatic heterocycles. The fourth-order valence-corrected chi connectivity index (χ4v) is 3.24. The molecule has 0 saturated heterocycles. The van der Waals surface area contributed by atoms with E-state index in [1.165, 1.54) is 21.9 Å². The highest BCUT2D eigenvalue weighted by Crippen LogP contribution is 2.17. The van der Waals surface area contributed by atoms with Gasteiger partial charge in [0.25, 0.3) is 0 Å². The second kappa shape index (κ2) is 5.84. The quantitative estimate of drug-likeness (QED) is 0.755. The molecule has 0 spiro atoms. The van der Waals surface area contributed by atoms with Gasteiger partial charge in [-0.3, -0.25) is 0 Å². The highest BCUT2D eigenvalue weighted by atomic mass is 28.3. The number of rotatable bonds is 4. The molecule has 2 rings (SSSR count). The van der Waals surface area contributed by atoms with Crippen molar-refractivity contribution in [3.8, 4) is 5.75 Å². The fourth-order valence-electron chi connectivity index (χ4n) is 2.07. The minimum Gasteiger partial charge on any atom is -0.489 e. The van der Waals surface area contributed by atoms with Crippen molar-refractivity contribution in [3.63, 3.8) is 0 Å². The Balaban J connectivity index is 2.02. The van der Waals surface area contributed by atoms with Crippen LogP contribution in [-0.2, 0) is 6.61 Å². The van der Waals surface area contributed by atoms with E-state index in [2.05, 4.69) is 69.9 Å². The van der Waals surface area contributed by atoms with E-state index in [4.69, 9.17) is 4.74 Å². The van der Waals surface area contributed by atoms with Crippen LogP contribution in [0.3, 0.4) is 0 Å². The molecule has 0 heterocycles. The number of aryl methyl sites for hydroxylation is 2. The third-order valence-corrected chi connectivity index (χ3v) is 5.77. The monoisotopic (exact) mass is 284 g/mol. The number of hydrogen-bond donors (Lipinski definition) is 0. The normalized spacial score (nSPS) is 11.4. The van der Waals surface area contributed by atoms with Crippen LogP contribution in [0.15, 0.2) is 42.5 Å². The van der Waals surface area contributed by atoms with Crippen LogP contribution in [0.1, 0.15) is 16.7 Å². The Morgan fingerprint density at radius 1 is 0.850 bits per heavy atom. The summed E-state index contributed by atoms with van der Waals surface area (Å²) < 4.78 is 5.86. The Labute approximate surface area is 123 Å². The summed E-state index contributed by atoms with van der Waals surface area (Å²) in [5, 5.41) is 1.49. The first-order chi connectivity index (χ1) is 9.36. The molecular weight excluding hydrogens is 260 g/mol. The minimum atomic E-state index is -1.20. The summed E-state index contributed by atoms with van der Waals surface area (Å²) in [5.74, 6) is 0.947. The maximum absolute atomic E-state index is 5.86. The summed E-state index contributed by atoms with van der Waals surface area (Å²) in [4.78, 5) is 0. The third kappa shape index (κ3) is 3.73. The molecule has 0 N–H and O–H groups in total. The van der Waals surface area contributed by atoms with Crippen molar-refractivity contribution in [1.82, 2.24) is 0 Å². The molecule has 0 radical (unpaired) electrons. The van der Waals surface area contributed by atoms with E-state index in [0.717, 1.165) is 5.75 Å². The zero-order chi connectivity index (χ0) is 14.8. The van der Waals surface area contributed by atoms with Gasteiger partial charge in [-0.2, -0.15) is 0 Å². The van der Waals surface area contributed by atoms with Gasteiger partial charge in [0.1, 0.15) is 12.4 Å². The van der Waals surface area contributed by atoms with Crippen LogP contribution in [-0.4, -0.2) is 8.07 Å². The lowest BCUT2D eigenvalue weighted by Gasteiger charge is -2.17. The van der Waals surface area contributed by atoms with E-state index in [9.17, 15) is 0 Å². The van der Waals surface area contributed by atoms with Gasteiger partial charge in [0.05, 0.1) is 8.07 Å². The molecule has 0 bridgehead atoms. The van der Waals surface area contributed by atoms with Crippen molar-refractivity contribution < 1.29 is 4.74 Å². The minimum absolute atomic E-state index is 0.633. The SMILES string of the molecule is Cc1ccc(OCc2ccc([Si](C)(C)C)cc2)cc1C. The van der Waals surface area contributed by atoms with Crippen LogP contribution >= 0.6 is 0 Å². The molecular formula is C18H24OSi. The van der Waals surface area contributed by atoms with Gasteiger partial charge in [0.2, 0.25) is 0 Å². The second-order valence-electron chi connectivity index (χ2n) is 6.48. The highest BCUT2D eigenvalue weighted by Gasteiger charge is 2.15. The van der Waals surface area contributed by atoms with Crippen molar-refractivity contribution in [2.75, 3.05) is 0 Å². The number of hydrogen-bond acceptors (Lipinski definition) is 1. The van der Waals surface area contributed by atoms with Crippen LogP contribution in [0, 0.1) is 13.8 Å². The van der Waals surface area contributed by atoms with E-state index in [1.54, 1.807) is 0 Å². The average Bonchev–Trinajstić information content (AvgIpc) is 2.40. The lowest BCUT2D eigenvalue weighted by Crippen LogP contribution is -2.37. The number of benzene rings is 2. The van der Waals surface area contributed by atoms with Crippen LogP contribution in [0.2, 0.25) is 19.6 Å². The fraction of sp³-hybridized carbons (Fsp3) is 0.333. The van der Waals surface area contributed by atoms with Crippen molar-refractivity contribution >= 4 is 13.3 Å². The van der Waals surface area contributed by atoms with Crippen LogP contribution in [0.5, 0.6) is 5.75 Å². The molecule has 0 amide bonds. The van der Waals surface area contributed by atoms with Gasteiger partial charge in [-0.25, -0.2) is 0 Å². The van der Waals surface area contributed by atoms with Gasteiger partial charge in [0.15, 0.2) is 0 Å². The molecule has 20 heavy (non-hydrogen) atoms. The lowest BCUT2D eigenvalue weighted by molar-refractivity contribution is 0.306. The van der Waals surface area contributed by atoms with Gasteiger partial charge >= 0.3 is 0 Å². The molecule has 0 aliphatic rings. The highest BCUT2D eigenvalue weighted by molar-refractivity contribution is 6.88. The van der Waals surface area contributed by atoms with Gasteiger partial charge < -0.3 is 4.74 Å². The smallest absolute Gasteiger partial charge is 0.120 e. The molecule has 2 aromatic carbocycles. The van der Waals surface area contributed by atoms with Crippen LogP contribution in [0.25, 0.3) is 0 Å². The first-order valence-electron chi connectivity index (χ1n) is 7.16. The molecule has 0 fully saturated rings. The summed E-state index contributed by atoms with van der Waals surface area (Å²) in [7, 11) is -1.20. The van der Waals surface area contributed by atoms with E-state index in [0.29, 0.717) is 6.61 Å². The van der Waals surface area contributed by atoms with Crippen molar-refractivity contribution in [2.45, 2.75) is 40.1 Å². The molecule has 0 aromatic heterocycles. The molecule has 1 nitrogen and oxygen atoms in total. The molecule has 2 aromatic rings. The summed E-state index contributed by atoms with van der Waals surface area (Å²) in [6.07, 6.45) is 0. The van der Waals surface area contributed by atoms with E-state index < -0.39 is 8.07 Å². The molecule has 0 atom stereocenters. The van der Waals surface area contributed by atoms with Gasteiger partial charge in [-0.1, -0.05) is 55.2 Å². The first-order valence-corrected chi connectivity index (χ1v) is 10.7. The number of ether oxygens (including phenoxy) is 1. The molecule has 0 aliphatic carbocycles. The summed E-state index contributed by atoms with van der Waals surface area (Å²) in [6.45, 7) is 12.0. The van der Waals surface area contributed by atoms with Gasteiger partial charge in [0, 0.05) is 0 Å². The van der Waals surface area contributed by atoms with Crippen molar-refractivity contribution in [3.05, 3.63) is 59.2 Å². The van der Waals surface area contributed by atoms with Crippen molar-refractivity contribution in [1.29, 1.82) is 0 Å². The Morgan fingerprint density at radius 3 is 2.05 bits per heavy atom. The average molecular weight is 284 g/mol. The second-order valence-corrected chi connectivity index (χ2v) is 11.6. The van der Waals surface area contributed by atoms with Gasteiger partial charge in [-0.15, -0.1) is 0 Å². The first kappa shape index (κ1) is 14.9. The predicted octanol–water partition coefficient (Wildman–Crippen LogP) is 4.43. The van der Waals surface area contributed by atoms with E-state index >= 15 is 0 Å². The Hall–Kier alpha value is -1.54. The predicted molar refractivity (Wildman–Crippen MR) is 89.7 cm³/mol. The summed E-state index contributed by atoms with van der Waals surface area (Å²) >= 11 is 0. The Bertz CT molecular complexity index is 579. The molecule has 106 valence electrons. The zero-order valence-electron chi connectivity index (χ0n) is 13.2. The standard InChI is InChI=1S/C18H24OSi/c1-14-6-9-17(12-15(14)2)19-13-16-7-10-18(11-8-16)20(3,4)5/h6-12H,13H2,1-5H3. The van der Waals surface area contributed by atoms with E-state index in [-0.39, 0.29) is 0 Å². The summed E-state index contributed by atoms with van der Waals surface area (Å²) in [6, 6.07) is 15.1. The van der Waals surface area contributed by atoms with Crippen LogP contribution < -0.4 is 9.92 Å². The van der Waals surface area contributed by atoms with Crippen molar-refractivity contribution in [2.24, 2.45) is 0 Å². The molecule has 0 saturated carbocycles. The maximum Gasteiger partial charge on any atom is 0.120 e. The maximum atomic E-state index is 5.86. The third-order valence-electron chi connectivity index (χ3n) is 3.70.